The summed E-state index contributed by atoms with van der Waals surface area (Å²) in [7, 11) is 1.73. The molecular weight excluding hydrogens is 284 g/mol. The number of rotatable bonds is 3. The minimum absolute atomic E-state index is 0.237. The van der Waals surface area contributed by atoms with Crippen LogP contribution in [0.3, 0.4) is 0 Å². The maximum absolute atomic E-state index is 5.35. The Morgan fingerprint density at radius 3 is 2.68 bits per heavy atom. The summed E-state index contributed by atoms with van der Waals surface area (Å²) < 4.78 is 10.7. The van der Waals surface area contributed by atoms with Crippen LogP contribution in [-0.4, -0.2) is 43.6 Å². The normalized spacial score (nSPS) is 18.0. The van der Waals surface area contributed by atoms with Crippen LogP contribution in [0.4, 0.5) is 0 Å². The van der Waals surface area contributed by atoms with E-state index in [1.165, 1.54) is 4.80 Å². The van der Waals surface area contributed by atoms with E-state index in [-0.39, 0.29) is 5.92 Å². The van der Waals surface area contributed by atoms with E-state index < -0.39 is 0 Å². The van der Waals surface area contributed by atoms with Crippen molar-refractivity contribution in [2.24, 2.45) is 7.05 Å². The lowest BCUT2D eigenvalue weighted by Gasteiger charge is -1.98. The zero-order valence-corrected chi connectivity index (χ0v) is 12.0. The first-order valence-electron chi connectivity index (χ1n) is 7.06. The molecule has 1 aromatic carbocycles. The zero-order chi connectivity index (χ0) is 14.9. The van der Waals surface area contributed by atoms with Crippen molar-refractivity contribution < 1.29 is 9.26 Å². The van der Waals surface area contributed by atoms with Gasteiger partial charge in [-0.25, -0.2) is 0 Å². The van der Waals surface area contributed by atoms with Gasteiger partial charge in [-0.3, -0.25) is 0 Å². The van der Waals surface area contributed by atoms with Gasteiger partial charge < -0.3 is 9.26 Å². The van der Waals surface area contributed by atoms with Crippen molar-refractivity contribution in [3.63, 3.8) is 0 Å². The average molecular weight is 298 g/mol. The molecule has 1 aliphatic rings. The molecule has 1 atom stereocenters. The van der Waals surface area contributed by atoms with Crippen LogP contribution in [0.1, 0.15) is 18.2 Å². The summed E-state index contributed by atoms with van der Waals surface area (Å²) in [4.78, 5) is 5.89. The van der Waals surface area contributed by atoms with Gasteiger partial charge in [-0.1, -0.05) is 17.3 Å². The first-order chi connectivity index (χ1) is 10.8. The summed E-state index contributed by atoms with van der Waals surface area (Å²) >= 11 is 0. The van der Waals surface area contributed by atoms with Crippen molar-refractivity contribution in [3.8, 4) is 22.8 Å². The molecule has 0 aliphatic carbocycles. The Kier molecular flexibility index (Phi) is 3.15. The van der Waals surface area contributed by atoms with E-state index in [2.05, 4.69) is 25.6 Å². The van der Waals surface area contributed by atoms with E-state index in [0.717, 1.165) is 24.2 Å². The minimum Gasteiger partial charge on any atom is -0.381 e. The topological polar surface area (TPSA) is 91.8 Å². The fourth-order valence-electron chi connectivity index (χ4n) is 2.42. The summed E-state index contributed by atoms with van der Waals surface area (Å²) in [6.45, 7) is 1.42. The van der Waals surface area contributed by atoms with Gasteiger partial charge in [-0.15, -0.1) is 10.2 Å². The van der Waals surface area contributed by atoms with Crippen LogP contribution in [0.5, 0.6) is 0 Å². The Hall–Kier alpha value is -2.61. The predicted octanol–water partition coefficient (Wildman–Crippen LogP) is 1.43. The summed E-state index contributed by atoms with van der Waals surface area (Å²) in [6.07, 6.45) is 0.941. The zero-order valence-electron chi connectivity index (χ0n) is 12.0. The number of tetrazole rings is 1. The number of aryl methyl sites for hydroxylation is 1. The second-order valence-corrected chi connectivity index (χ2v) is 5.20. The van der Waals surface area contributed by atoms with Gasteiger partial charge >= 0.3 is 0 Å². The van der Waals surface area contributed by atoms with Gasteiger partial charge in [0.1, 0.15) is 0 Å². The van der Waals surface area contributed by atoms with Crippen molar-refractivity contribution in [2.45, 2.75) is 12.3 Å². The second-order valence-electron chi connectivity index (χ2n) is 5.20. The smallest absolute Gasteiger partial charge is 0.257 e. The molecule has 8 heteroatoms. The van der Waals surface area contributed by atoms with Gasteiger partial charge in [0.2, 0.25) is 5.82 Å². The standard InChI is InChI=1S/C14H14N6O2/c1-20-17-13(16-19-20)9-2-4-10(5-3-9)14-15-12(18-22-14)11-6-7-21-8-11/h2-5,11H,6-8H2,1H3/t11-/m1/s1. The van der Waals surface area contributed by atoms with Crippen molar-refractivity contribution in [2.75, 3.05) is 13.2 Å². The second kappa shape index (κ2) is 5.30. The van der Waals surface area contributed by atoms with E-state index in [1.807, 2.05) is 24.3 Å². The highest BCUT2D eigenvalue weighted by Gasteiger charge is 2.23. The van der Waals surface area contributed by atoms with Gasteiger partial charge in [0.15, 0.2) is 5.82 Å². The van der Waals surface area contributed by atoms with Crippen molar-refractivity contribution in [1.82, 2.24) is 30.3 Å². The molecule has 0 unspecified atom stereocenters. The van der Waals surface area contributed by atoms with Crippen LogP contribution in [-0.2, 0) is 11.8 Å². The molecule has 3 aromatic rings. The first-order valence-corrected chi connectivity index (χ1v) is 7.06. The highest BCUT2D eigenvalue weighted by Crippen LogP contribution is 2.26. The molecule has 4 rings (SSSR count). The number of hydrogen-bond acceptors (Lipinski definition) is 7. The van der Waals surface area contributed by atoms with E-state index in [1.54, 1.807) is 7.05 Å². The van der Waals surface area contributed by atoms with E-state index >= 15 is 0 Å². The fourth-order valence-corrected chi connectivity index (χ4v) is 2.42. The molecular formula is C14H14N6O2. The minimum atomic E-state index is 0.237. The van der Waals surface area contributed by atoms with E-state index in [9.17, 15) is 0 Å². The van der Waals surface area contributed by atoms with Gasteiger partial charge in [-0.2, -0.15) is 9.78 Å². The van der Waals surface area contributed by atoms with Gasteiger partial charge in [-0.05, 0) is 23.8 Å². The monoisotopic (exact) mass is 298 g/mol. The first kappa shape index (κ1) is 13.1. The van der Waals surface area contributed by atoms with Crippen LogP contribution in [0.2, 0.25) is 0 Å². The molecule has 1 aliphatic heterocycles. The van der Waals surface area contributed by atoms with Crippen LogP contribution in [0.15, 0.2) is 28.8 Å². The van der Waals surface area contributed by atoms with Gasteiger partial charge in [0, 0.05) is 23.7 Å². The molecule has 2 aromatic heterocycles. The number of nitrogens with zero attached hydrogens (tertiary/aromatic N) is 6. The number of aromatic nitrogens is 6. The maximum atomic E-state index is 5.35. The third-order valence-corrected chi connectivity index (χ3v) is 3.63. The summed E-state index contributed by atoms with van der Waals surface area (Å²) in [5.74, 6) is 2.05. The SMILES string of the molecule is Cn1nnc(-c2ccc(-c3nc([C@@H]4CCOC4)no3)cc2)n1. The predicted molar refractivity (Wildman–Crippen MR) is 75.7 cm³/mol. The molecule has 0 N–H and O–H groups in total. The lowest BCUT2D eigenvalue weighted by Crippen LogP contribution is -1.99. The molecule has 3 heterocycles. The van der Waals surface area contributed by atoms with Crippen LogP contribution < -0.4 is 0 Å². The lowest BCUT2D eigenvalue weighted by molar-refractivity contribution is 0.192. The molecule has 1 saturated heterocycles. The fraction of sp³-hybridized carbons (Fsp3) is 0.357. The van der Waals surface area contributed by atoms with Crippen molar-refractivity contribution in [3.05, 3.63) is 30.1 Å². The Labute approximate surface area is 126 Å². The Morgan fingerprint density at radius 2 is 2.00 bits per heavy atom. The lowest BCUT2D eigenvalue weighted by atomic mass is 10.1. The quantitative estimate of drug-likeness (QED) is 0.722. The van der Waals surface area contributed by atoms with Crippen molar-refractivity contribution in [1.29, 1.82) is 0 Å². The highest BCUT2D eigenvalue weighted by molar-refractivity contribution is 5.61. The molecule has 1 fully saturated rings. The Balaban J connectivity index is 1.58. The Morgan fingerprint density at radius 1 is 1.18 bits per heavy atom. The van der Waals surface area contributed by atoms with E-state index in [4.69, 9.17) is 9.26 Å². The molecule has 22 heavy (non-hydrogen) atoms. The highest BCUT2D eigenvalue weighted by atomic mass is 16.5. The Bertz CT molecular complexity index is 773. The van der Waals surface area contributed by atoms with Crippen molar-refractivity contribution >= 4 is 0 Å². The third kappa shape index (κ3) is 2.37. The summed E-state index contributed by atoms with van der Waals surface area (Å²) in [6, 6.07) is 7.64. The molecule has 0 radical (unpaired) electrons. The molecule has 0 amide bonds. The maximum Gasteiger partial charge on any atom is 0.257 e. The van der Waals surface area contributed by atoms with E-state index in [0.29, 0.717) is 24.1 Å². The van der Waals surface area contributed by atoms with Crippen LogP contribution in [0, 0.1) is 0 Å². The molecule has 0 saturated carbocycles. The van der Waals surface area contributed by atoms with Crippen LogP contribution >= 0.6 is 0 Å². The number of benzene rings is 1. The van der Waals surface area contributed by atoms with Gasteiger partial charge in [0.25, 0.3) is 5.89 Å². The number of hydrogen-bond donors (Lipinski definition) is 0. The molecule has 112 valence electrons. The summed E-state index contributed by atoms with van der Waals surface area (Å²) in [5.41, 5.74) is 1.76. The third-order valence-electron chi connectivity index (χ3n) is 3.63. The number of ether oxygens (including phenoxy) is 1. The van der Waals surface area contributed by atoms with Crippen LogP contribution in [0.25, 0.3) is 22.8 Å². The molecule has 0 bridgehead atoms. The molecule has 0 spiro atoms. The van der Waals surface area contributed by atoms with Gasteiger partial charge in [0.05, 0.1) is 13.7 Å². The average Bonchev–Trinajstić information content (AvgIpc) is 3.28. The molecule has 8 nitrogen and oxygen atoms in total. The summed E-state index contributed by atoms with van der Waals surface area (Å²) in [5, 5.41) is 16.0. The largest absolute Gasteiger partial charge is 0.381 e.